The maximum atomic E-state index is 12.5. The molecule has 1 aromatic rings. The van der Waals surface area contributed by atoms with Crippen LogP contribution in [0.15, 0.2) is 24.3 Å². The quantitative estimate of drug-likeness (QED) is 0.927. The second-order valence-electron chi connectivity index (χ2n) is 6.45. The second kappa shape index (κ2) is 7.82. The van der Waals surface area contributed by atoms with Crippen LogP contribution in [0.25, 0.3) is 0 Å². The molecule has 1 fully saturated rings. The lowest BCUT2D eigenvalue weighted by Gasteiger charge is -2.35. The maximum absolute atomic E-state index is 12.5. The third-order valence-electron chi connectivity index (χ3n) is 4.45. The van der Waals surface area contributed by atoms with E-state index in [0.717, 1.165) is 12.8 Å². The summed E-state index contributed by atoms with van der Waals surface area (Å²) < 4.78 is 0. The number of benzene rings is 1. The Bertz CT molecular complexity index is 633. The first kappa shape index (κ1) is 17.8. The number of nitrogens with one attached hydrogen (secondary N) is 1. The van der Waals surface area contributed by atoms with Gasteiger partial charge in [0, 0.05) is 31.9 Å². The highest BCUT2D eigenvalue weighted by atomic mass is 16.2. The van der Waals surface area contributed by atoms with Crippen LogP contribution in [-0.2, 0) is 4.79 Å². The zero-order valence-corrected chi connectivity index (χ0v) is 14.5. The van der Waals surface area contributed by atoms with Crippen molar-refractivity contribution in [3.05, 3.63) is 29.8 Å². The lowest BCUT2D eigenvalue weighted by molar-refractivity contribution is -0.137. The van der Waals surface area contributed by atoms with Crippen LogP contribution in [0.2, 0.25) is 0 Å². The van der Waals surface area contributed by atoms with Gasteiger partial charge in [-0.3, -0.25) is 4.79 Å². The lowest BCUT2D eigenvalue weighted by Crippen LogP contribution is -2.48. The van der Waals surface area contributed by atoms with Gasteiger partial charge in [-0.15, -0.1) is 0 Å². The van der Waals surface area contributed by atoms with Gasteiger partial charge in [0.05, 0.1) is 17.6 Å². The number of likely N-dealkylation sites (tertiary alicyclic amines) is 1. The van der Waals surface area contributed by atoms with Gasteiger partial charge in [0.2, 0.25) is 5.91 Å². The number of anilines is 1. The smallest absolute Gasteiger partial charge is 0.321 e. The molecule has 24 heavy (non-hydrogen) atoms. The van der Waals surface area contributed by atoms with Crippen LogP contribution in [-0.4, -0.2) is 47.9 Å². The molecule has 1 aliphatic rings. The van der Waals surface area contributed by atoms with Crippen molar-refractivity contribution >= 4 is 17.6 Å². The molecule has 1 N–H and O–H groups in total. The Morgan fingerprint density at radius 3 is 2.58 bits per heavy atom. The van der Waals surface area contributed by atoms with Gasteiger partial charge < -0.3 is 15.1 Å². The van der Waals surface area contributed by atoms with E-state index in [0.29, 0.717) is 24.3 Å². The number of nitrogens with zero attached hydrogens (tertiary/aromatic N) is 3. The van der Waals surface area contributed by atoms with Crippen molar-refractivity contribution in [1.82, 2.24) is 9.80 Å². The van der Waals surface area contributed by atoms with Crippen LogP contribution >= 0.6 is 0 Å². The van der Waals surface area contributed by atoms with Gasteiger partial charge in [-0.05, 0) is 51.0 Å². The third-order valence-corrected chi connectivity index (χ3v) is 4.45. The van der Waals surface area contributed by atoms with E-state index in [-0.39, 0.29) is 23.9 Å². The molecule has 1 saturated heterocycles. The lowest BCUT2D eigenvalue weighted by atomic mass is 9.96. The normalized spacial score (nSPS) is 17.3. The molecular formula is C18H24N4O2. The van der Waals surface area contributed by atoms with Gasteiger partial charge in [-0.2, -0.15) is 5.26 Å². The fraction of sp³-hybridized carbons (Fsp3) is 0.500. The summed E-state index contributed by atoms with van der Waals surface area (Å²) in [6.07, 6.45) is 1.64. The van der Waals surface area contributed by atoms with E-state index in [1.54, 1.807) is 34.1 Å². The topological polar surface area (TPSA) is 76.4 Å². The molecule has 0 bridgehead atoms. The largest absolute Gasteiger partial charge is 0.343 e. The van der Waals surface area contributed by atoms with Crippen LogP contribution in [0, 0.1) is 17.2 Å². The highest BCUT2D eigenvalue weighted by Crippen LogP contribution is 2.20. The van der Waals surface area contributed by atoms with Crippen molar-refractivity contribution in [1.29, 1.82) is 5.26 Å². The van der Waals surface area contributed by atoms with E-state index >= 15 is 0 Å². The van der Waals surface area contributed by atoms with E-state index in [4.69, 9.17) is 5.26 Å². The molecule has 0 aromatic heterocycles. The number of piperidine rings is 1. The molecule has 6 heteroatoms. The first-order chi connectivity index (χ1) is 11.4. The molecular weight excluding hydrogens is 304 g/mol. The summed E-state index contributed by atoms with van der Waals surface area (Å²) in [5.74, 6) is -0.0428. The minimum absolute atomic E-state index is 0.0980. The predicted octanol–water partition coefficient (Wildman–Crippen LogP) is 2.67. The number of rotatable bonds is 3. The van der Waals surface area contributed by atoms with Crippen molar-refractivity contribution in [2.24, 2.45) is 5.92 Å². The minimum Gasteiger partial charge on any atom is -0.343 e. The van der Waals surface area contributed by atoms with Crippen molar-refractivity contribution in [2.45, 2.75) is 32.7 Å². The monoisotopic (exact) mass is 328 g/mol. The average molecular weight is 328 g/mol. The summed E-state index contributed by atoms with van der Waals surface area (Å²) in [7, 11) is 1.81. The summed E-state index contributed by atoms with van der Waals surface area (Å²) in [6, 6.07) is 8.73. The van der Waals surface area contributed by atoms with Crippen molar-refractivity contribution in [3.63, 3.8) is 0 Å². The molecule has 1 aliphatic heterocycles. The van der Waals surface area contributed by atoms with Crippen molar-refractivity contribution < 1.29 is 9.59 Å². The summed E-state index contributed by atoms with van der Waals surface area (Å²) in [5.41, 5.74) is 1.19. The number of carbonyl (C=O) groups excluding carboxylic acids is 2. The Hall–Kier alpha value is -2.55. The molecule has 1 aromatic carbocycles. The Labute approximate surface area is 143 Å². The van der Waals surface area contributed by atoms with Crippen LogP contribution < -0.4 is 5.32 Å². The van der Waals surface area contributed by atoms with Crippen LogP contribution in [0.4, 0.5) is 10.5 Å². The number of carbonyl (C=O) groups is 2. The van der Waals surface area contributed by atoms with Gasteiger partial charge in [-0.25, -0.2) is 4.79 Å². The number of hydrogen-bond acceptors (Lipinski definition) is 3. The zero-order valence-electron chi connectivity index (χ0n) is 14.5. The standard InChI is InChI=1S/C18H24N4O2/c1-13(2)21(3)17(23)15-5-4-10-22(12-15)18(24)20-16-8-6-14(11-19)7-9-16/h6-9,13,15H,4-5,10,12H2,1-3H3,(H,20,24). The average Bonchev–Trinajstić information content (AvgIpc) is 2.61. The number of urea groups is 1. The van der Waals surface area contributed by atoms with Gasteiger partial charge in [0.25, 0.3) is 0 Å². The van der Waals surface area contributed by atoms with Gasteiger partial charge >= 0.3 is 6.03 Å². The fourth-order valence-electron chi connectivity index (χ4n) is 2.74. The maximum Gasteiger partial charge on any atom is 0.321 e. The Morgan fingerprint density at radius 2 is 2.00 bits per heavy atom. The van der Waals surface area contributed by atoms with E-state index < -0.39 is 0 Å². The summed E-state index contributed by atoms with van der Waals surface area (Å²) in [4.78, 5) is 28.3. The van der Waals surface area contributed by atoms with Crippen LogP contribution in [0.5, 0.6) is 0 Å². The zero-order chi connectivity index (χ0) is 17.7. The van der Waals surface area contributed by atoms with E-state index in [9.17, 15) is 9.59 Å². The van der Waals surface area contributed by atoms with Crippen molar-refractivity contribution in [2.75, 3.05) is 25.5 Å². The molecule has 0 aliphatic carbocycles. The minimum atomic E-state index is -0.204. The SMILES string of the molecule is CC(C)N(C)C(=O)C1CCCN(C(=O)Nc2ccc(C#N)cc2)C1. The Balaban J connectivity index is 1.97. The molecule has 1 heterocycles. The van der Waals surface area contributed by atoms with E-state index in [1.807, 2.05) is 27.0 Å². The van der Waals surface area contributed by atoms with E-state index in [1.165, 1.54) is 0 Å². The summed E-state index contributed by atoms with van der Waals surface area (Å²) >= 11 is 0. The van der Waals surface area contributed by atoms with Gasteiger partial charge in [0.1, 0.15) is 0 Å². The molecule has 0 saturated carbocycles. The number of hydrogen-bond donors (Lipinski definition) is 1. The van der Waals surface area contributed by atoms with Crippen LogP contribution in [0.3, 0.4) is 0 Å². The Morgan fingerprint density at radius 1 is 1.33 bits per heavy atom. The van der Waals surface area contributed by atoms with Crippen molar-refractivity contribution in [3.8, 4) is 6.07 Å². The molecule has 1 unspecified atom stereocenters. The summed E-state index contributed by atoms with van der Waals surface area (Å²) in [5, 5.41) is 11.6. The molecule has 6 nitrogen and oxygen atoms in total. The van der Waals surface area contributed by atoms with E-state index in [2.05, 4.69) is 5.32 Å². The number of nitriles is 1. The second-order valence-corrected chi connectivity index (χ2v) is 6.45. The highest BCUT2D eigenvalue weighted by molar-refractivity contribution is 5.90. The van der Waals surface area contributed by atoms with Gasteiger partial charge in [-0.1, -0.05) is 0 Å². The molecule has 0 spiro atoms. The fourth-order valence-corrected chi connectivity index (χ4v) is 2.74. The Kier molecular flexibility index (Phi) is 5.80. The number of amides is 3. The molecule has 3 amide bonds. The molecule has 1 atom stereocenters. The summed E-state index contributed by atoms with van der Waals surface area (Å²) in [6.45, 7) is 5.06. The highest BCUT2D eigenvalue weighted by Gasteiger charge is 2.30. The predicted molar refractivity (Wildman–Crippen MR) is 92.4 cm³/mol. The molecule has 0 radical (unpaired) electrons. The first-order valence-corrected chi connectivity index (χ1v) is 8.25. The van der Waals surface area contributed by atoms with Crippen LogP contribution in [0.1, 0.15) is 32.3 Å². The molecule has 128 valence electrons. The van der Waals surface area contributed by atoms with Gasteiger partial charge in [0.15, 0.2) is 0 Å². The third kappa shape index (κ3) is 4.25. The first-order valence-electron chi connectivity index (χ1n) is 8.25. The molecule has 2 rings (SSSR count).